The average molecular weight is 402 g/mol. The fraction of sp³-hybridized carbons (Fsp3) is 0.565. The summed E-state index contributed by atoms with van der Waals surface area (Å²) >= 11 is 6.45. The fourth-order valence-corrected chi connectivity index (χ4v) is 5.12. The molecule has 1 amide bonds. The highest BCUT2D eigenvalue weighted by molar-refractivity contribution is 6.31. The van der Waals surface area contributed by atoms with Crippen LogP contribution in [0.4, 0.5) is 0 Å². The number of carbonyl (C=O) groups excluding carboxylic acids is 2. The van der Waals surface area contributed by atoms with Crippen molar-refractivity contribution < 1.29 is 14.3 Å². The molecule has 1 atom stereocenters. The van der Waals surface area contributed by atoms with Gasteiger partial charge in [-0.25, -0.2) is 4.79 Å². The van der Waals surface area contributed by atoms with Gasteiger partial charge in [0, 0.05) is 29.6 Å². The van der Waals surface area contributed by atoms with Crippen molar-refractivity contribution >= 4 is 29.6 Å². The first kappa shape index (κ1) is 19.5. The summed E-state index contributed by atoms with van der Waals surface area (Å²) in [6.07, 6.45) is 12.4. The van der Waals surface area contributed by atoms with Crippen molar-refractivity contribution in [2.24, 2.45) is 11.3 Å². The van der Waals surface area contributed by atoms with Crippen molar-refractivity contribution in [1.29, 1.82) is 0 Å². The van der Waals surface area contributed by atoms with E-state index in [0.717, 1.165) is 24.1 Å². The van der Waals surface area contributed by atoms with Crippen LogP contribution in [0, 0.1) is 11.3 Å². The molecule has 150 valence electrons. The Morgan fingerprint density at radius 1 is 1.25 bits per heavy atom. The van der Waals surface area contributed by atoms with E-state index in [1.165, 1.54) is 51.7 Å². The van der Waals surface area contributed by atoms with Crippen LogP contribution in [-0.2, 0) is 20.7 Å². The Hall–Kier alpha value is -1.81. The Morgan fingerprint density at radius 2 is 2.00 bits per heavy atom. The summed E-state index contributed by atoms with van der Waals surface area (Å²) in [5.41, 5.74) is 2.50. The van der Waals surface area contributed by atoms with Crippen LogP contribution in [0.1, 0.15) is 56.1 Å². The van der Waals surface area contributed by atoms with Crippen molar-refractivity contribution in [3.63, 3.8) is 0 Å². The molecule has 2 saturated carbocycles. The Morgan fingerprint density at radius 3 is 2.64 bits per heavy atom. The zero-order valence-electron chi connectivity index (χ0n) is 16.5. The molecule has 1 saturated heterocycles. The summed E-state index contributed by atoms with van der Waals surface area (Å²) in [5, 5.41) is 0.645. The monoisotopic (exact) mass is 401 g/mol. The minimum absolute atomic E-state index is 0.0331. The molecule has 28 heavy (non-hydrogen) atoms. The van der Waals surface area contributed by atoms with Crippen LogP contribution >= 0.6 is 11.6 Å². The molecule has 0 radical (unpaired) electrons. The molecule has 0 bridgehead atoms. The molecule has 1 heterocycles. The van der Waals surface area contributed by atoms with E-state index in [2.05, 4.69) is 9.64 Å². The summed E-state index contributed by atoms with van der Waals surface area (Å²) in [4.78, 5) is 26.4. The van der Waals surface area contributed by atoms with E-state index >= 15 is 0 Å². The van der Waals surface area contributed by atoms with Crippen LogP contribution in [0.2, 0.25) is 5.02 Å². The van der Waals surface area contributed by atoms with Crippen molar-refractivity contribution in [2.45, 2.75) is 57.4 Å². The number of ether oxygens (including phenoxy) is 1. The number of methoxy groups -OCH3 is 1. The molecule has 5 heteroatoms. The minimum Gasteiger partial charge on any atom is -0.466 e. The van der Waals surface area contributed by atoms with Crippen molar-refractivity contribution in [1.82, 2.24) is 4.90 Å². The molecule has 4 nitrogen and oxygen atoms in total. The lowest BCUT2D eigenvalue weighted by Gasteiger charge is -2.35. The fourth-order valence-electron chi connectivity index (χ4n) is 4.85. The first-order chi connectivity index (χ1) is 13.5. The normalized spacial score (nSPS) is 24.3. The van der Waals surface area contributed by atoms with Gasteiger partial charge >= 0.3 is 5.97 Å². The van der Waals surface area contributed by atoms with Gasteiger partial charge in [-0.15, -0.1) is 0 Å². The third kappa shape index (κ3) is 4.12. The number of hydrogen-bond donors (Lipinski definition) is 0. The Labute approximate surface area is 171 Å². The number of carbonyl (C=O) groups is 2. The molecule has 1 aliphatic heterocycles. The van der Waals surface area contributed by atoms with Gasteiger partial charge in [-0.1, -0.05) is 23.7 Å². The Balaban J connectivity index is 1.36. The number of hydrogen-bond acceptors (Lipinski definition) is 3. The molecular formula is C23H28ClNO3. The average Bonchev–Trinajstić information content (AvgIpc) is 3.36. The minimum atomic E-state index is -0.396. The number of nitrogens with zero attached hydrogens (tertiary/aromatic N) is 1. The third-order valence-corrected chi connectivity index (χ3v) is 7.27. The van der Waals surface area contributed by atoms with Gasteiger partial charge in [0.25, 0.3) is 0 Å². The first-order valence-electron chi connectivity index (χ1n) is 10.3. The zero-order valence-corrected chi connectivity index (χ0v) is 17.2. The van der Waals surface area contributed by atoms with E-state index in [4.69, 9.17) is 11.6 Å². The van der Waals surface area contributed by atoms with Crippen LogP contribution in [0.5, 0.6) is 0 Å². The highest BCUT2D eigenvalue weighted by Crippen LogP contribution is 2.56. The van der Waals surface area contributed by atoms with Crippen LogP contribution in [0.3, 0.4) is 0 Å². The standard InChI is InChI=1S/C23H28ClNO3/c1-28-21(26)5-3-16-2-4-17(20(24)14-16)15-18-8-13-25(22(18)27)19-6-9-23(10-7-19)11-12-23/h2-5,14,18-19H,6-13,15H2,1H3/b5-3+. The number of benzene rings is 1. The zero-order chi connectivity index (χ0) is 19.7. The summed E-state index contributed by atoms with van der Waals surface area (Å²) in [6.45, 7) is 0.888. The predicted octanol–water partition coefficient (Wildman–Crippen LogP) is 4.64. The molecule has 3 fully saturated rings. The van der Waals surface area contributed by atoms with Gasteiger partial charge in [-0.2, -0.15) is 0 Å². The predicted molar refractivity (Wildman–Crippen MR) is 110 cm³/mol. The molecular weight excluding hydrogens is 374 g/mol. The summed E-state index contributed by atoms with van der Waals surface area (Å²) in [5.74, 6) is -0.0552. The van der Waals surface area contributed by atoms with Crippen molar-refractivity contribution in [2.75, 3.05) is 13.7 Å². The lowest BCUT2D eigenvalue weighted by molar-refractivity contribution is -0.135. The van der Waals surface area contributed by atoms with E-state index in [9.17, 15) is 9.59 Å². The topological polar surface area (TPSA) is 46.6 Å². The molecule has 0 aromatic heterocycles. The second kappa shape index (κ2) is 7.90. The van der Waals surface area contributed by atoms with E-state index in [-0.39, 0.29) is 5.92 Å². The van der Waals surface area contributed by atoms with E-state index in [0.29, 0.717) is 28.8 Å². The van der Waals surface area contributed by atoms with Crippen molar-refractivity contribution in [3.8, 4) is 0 Å². The molecule has 4 rings (SSSR count). The highest BCUT2D eigenvalue weighted by atomic mass is 35.5. The number of rotatable bonds is 5. The van der Waals surface area contributed by atoms with Crippen LogP contribution in [-0.4, -0.2) is 36.5 Å². The summed E-state index contributed by atoms with van der Waals surface area (Å²) < 4.78 is 4.60. The van der Waals surface area contributed by atoms with Crippen LogP contribution in [0.15, 0.2) is 24.3 Å². The number of esters is 1. The SMILES string of the molecule is COC(=O)/C=C/c1ccc(CC2CCN(C3CCC4(CC3)CC4)C2=O)c(Cl)c1. The van der Waals surface area contributed by atoms with Gasteiger partial charge in [0.2, 0.25) is 5.91 Å². The Bertz CT molecular complexity index is 789. The largest absolute Gasteiger partial charge is 0.466 e. The maximum atomic E-state index is 13.0. The number of halogens is 1. The summed E-state index contributed by atoms with van der Waals surface area (Å²) in [7, 11) is 1.35. The van der Waals surface area contributed by atoms with Gasteiger partial charge < -0.3 is 9.64 Å². The third-order valence-electron chi connectivity index (χ3n) is 6.92. The van der Waals surface area contributed by atoms with E-state index in [1.807, 2.05) is 18.2 Å². The van der Waals surface area contributed by atoms with E-state index in [1.54, 1.807) is 6.08 Å². The Kier molecular flexibility index (Phi) is 5.50. The second-order valence-corrected chi connectivity index (χ2v) is 9.07. The van der Waals surface area contributed by atoms with Crippen molar-refractivity contribution in [3.05, 3.63) is 40.4 Å². The molecule has 1 aromatic rings. The van der Waals surface area contributed by atoms with Gasteiger partial charge in [0.05, 0.1) is 7.11 Å². The van der Waals surface area contributed by atoms with Gasteiger partial charge in [-0.05, 0) is 80.1 Å². The maximum absolute atomic E-state index is 13.0. The van der Waals surface area contributed by atoms with Gasteiger partial charge in [0.15, 0.2) is 0 Å². The smallest absolute Gasteiger partial charge is 0.330 e. The summed E-state index contributed by atoms with van der Waals surface area (Å²) in [6, 6.07) is 6.18. The first-order valence-corrected chi connectivity index (χ1v) is 10.7. The number of likely N-dealkylation sites (tertiary alicyclic amines) is 1. The molecule has 1 unspecified atom stereocenters. The van der Waals surface area contributed by atoms with E-state index < -0.39 is 5.97 Å². The number of amides is 1. The highest BCUT2D eigenvalue weighted by Gasteiger charge is 2.47. The quantitative estimate of drug-likeness (QED) is 0.533. The van der Waals surface area contributed by atoms with Crippen LogP contribution in [0.25, 0.3) is 6.08 Å². The lowest BCUT2D eigenvalue weighted by Crippen LogP contribution is -2.40. The molecule has 0 N–H and O–H groups in total. The second-order valence-electron chi connectivity index (χ2n) is 8.66. The maximum Gasteiger partial charge on any atom is 0.330 e. The van der Waals surface area contributed by atoms with Crippen LogP contribution < -0.4 is 0 Å². The van der Waals surface area contributed by atoms with Gasteiger partial charge in [-0.3, -0.25) is 4.79 Å². The molecule has 3 aliphatic rings. The molecule has 1 spiro atoms. The molecule has 2 aliphatic carbocycles. The lowest BCUT2D eigenvalue weighted by atomic mass is 9.83. The molecule has 1 aromatic carbocycles. The van der Waals surface area contributed by atoms with Gasteiger partial charge in [0.1, 0.15) is 0 Å².